The summed E-state index contributed by atoms with van der Waals surface area (Å²) < 4.78 is 12.2. The average molecular weight is 487 g/mol. The van der Waals surface area contributed by atoms with Crippen molar-refractivity contribution in [2.45, 2.75) is 25.9 Å². The molecule has 0 amide bonds. The van der Waals surface area contributed by atoms with Gasteiger partial charge in [0, 0.05) is 0 Å². The summed E-state index contributed by atoms with van der Waals surface area (Å²) in [7, 11) is 0. The highest BCUT2D eigenvalue weighted by Gasteiger charge is 2.41. The van der Waals surface area contributed by atoms with Crippen LogP contribution < -0.4 is 0 Å². The van der Waals surface area contributed by atoms with Crippen LogP contribution in [0.4, 0.5) is 0 Å². The molecule has 2 aliphatic rings. The number of aliphatic imine (C=N–C) groups is 2. The van der Waals surface area contributed by atoms with E-state index in [0.29, 0.717) is 25.0 Å². The average Bonchev–Trinajstić information content (AvgIpc) is 3.66. The molecule has 4 heteroatoms. The van der Waals surface area contributed by atoms with Crippen LogP contribution in [0.2, 0.25) is 0 Å². The van der Waals surface area contributed by atoms with Crippen LogP contribution in [0.15, 0.2) is 119 Å². The van der Waals surface area contributed by atoms with Crippen molar-refractivity contribution < 1.29 is 9.47 Å². The molecule has 0 bridgehead atoms. The lowest BCUT2D eigenvalue weighted by molar-refractivity contribution is 0.265. The van der Waals surface area contributed by atoms with Crippen LogP contribution in [0, 0.1) is 5.41 Å². The second kappa shape index (κ2) is 9.70. The molecular formula is C33H30N2O2. The molecule has 4 nitrogen and oxygen atoms in total. The van der Waals surface area contributed by atoms with Crippen molar-refractivity contribution in [1.29, 1.82) is 0 Å². The molecule has 37 heavy (non-hydrogen) atoms. The largest absolute Gasteiger partial charge is 0.478 e. The van der Waals surface area contributed by atoms with Gasteiger partial charge >= 0.3 is 0 Å². The molecule has 0 N–H and O–H groups in total. The van der Waals surface area contributed by atoms with Crippen molar-refractivity contribution >= 4 is 11.8 Å². The molecule has 2 unspecified atom stereocenters. The molecule has 2 atom stereocenters. The Morgan fingerprint density at radius 1 is 0.514 bits per heavy atom. The van der Waals surface area contributed by atoms with Crippen LogP contribution in [-0.2, 0) is 9.47 Å². The first-order valence-electron chi connectivity index (χ1n) is 12.8. The van der Waals surface area contributed by atoms with Crippen LogP contribution in [-0.4, -0.2) is 25.0 Å². The Balaban J connectivity index is 1.17. The Bertz CT molecular complexity index is 1310. The molecule has 0 radical (unpaired) electrons. The summed E-state index contributed by atoms with van der Waals surface area (Å²) in [6.45, 7) is 5.21. The molecule has 184 valence electrons. The highest BCUT2D eigenvalue weighted by molar-refractivity contribution is 6.05. The number of ether oxygens (including phenoxy) is 2. The van der Waals surface area contributed by atoms with E-state index < -0.39 is 5.41 Å². The monoisotopic (exact) mass is 486 g/mol. The van der Waals surface area contributed by atoms with Crippen LogP contribution >= 0.6 is 0 Å². The van der Waals surface area contributed by atoms with Crippen LogP contribution in [0.5, 0.6) is 0 Å². The van der Waals surface area contributed by atoms with Gasteiger partial charge in [-0.05, 0) is 47.2 Å². The van der Waals surface area contributed by atoms with Gasteiger partial charge in [0.15, 0.2) is 11.8 Å². The maximum absolute atomic E-state index is 6.11. The zero-order chi connectivity index (χ0) is 25.2. The van der Waals surface area contributed by atoms with Gasteiger partial charge in [-0.1, -0.05) is 109 Å². The quantitative estimate of drug-likeness (QED) is 0.280. The zero-order valence-electron chi connectivity index (χ0n) is 21.2. The Labute approximate surface area is 218 Å². The van der Waals surface area contributed by atoms with Gasteiger partial charge in [-0.3, -0.25) is 0 Å². The van der Waals surface area contributed by atoms with Crippen molar-refractivity contribution in [3.8, 4) is 22.3 Å². The number of benzene rings is 4. The molecule has 4 aromatic carbocycles. The third-order valence-electron chi connectivity index (χ3n) is 7.18. The lowest BCUT2D eigenvalue weighted by atomic mass is 9.92. The summed E-state index contributed by atoms with van der Waals surface area (Å²) in [6.07, 6.45) is 0. The fourth-order valence-electron chi connectivity index (χ4n) is 4.92. The first-order valence-corrected chi connectivity index (χ1v) is 12.8. The molecule has 2 aliphatic heterocycles. The molecule has 0 saturated heterocycles. The van der Waals surface area contributed by atoms with E-state index in [1.165, 1.54) is 22.3 Å². The van der Waals surface area contributed by atoms with Crippen LogP contribution in [0.25, 0.3) is 22.3 Å². The van der Waals surface area contributed by atoms with Crippen molar-refractivity contribution in [2.24, 2.45) is 15.4 Å². The fraction of sp³-hybridized carbons (Fsp3) is 0.212. The number of hydrogen-bond acceptors (Lipinski definition) is 4. The second-order valence-electron chi connectivity index (χ2n) is 10.1. The summed E-state index contributed by atoms with van der Waals surface area (Å²) in [5, 5.41) is 0. The molecule has 0 spiro atoms. The number of hydrogen-bond donors (Lipinski definition) is 0. The second-order valence-corrected chi connectivity index (χ2v) is 10.1. The predicted molar refractivity (Wildman–Crippen MR) is 150 cm³/mol. The van der Waals surface area contributed by atoms with E-state index in [1.54, 1.807) is 0 Å². The van der Waals surface area contributed by atoms with E-state index in [-0.39, 0.29) is 12.1 Å². The normalized spacial score (nSPS) is 19.1. The fourth-order valence-corrected chi connectivity index (χ4v) is 4.92. The van der Waals surface area contributed by atoms with E-state index in [9.17, 15) is 0 Å². The van der Waals surface area contributed by atoms with Gasteiger partial charge in [0.2, 0.25) is 0 Å². The maximum Gasteiger partial charge on any atom is 0.199 e. The molecule has 0 saturated carbocycles. The first-order chi connectivity index (χ1) is 18.1. The third-order valence-corrected chi connectivity index (χ3v) is 7.18. The lowest BCUT2D eigenvalue weighted by Gasteiger charge is -2.22. The number of rotatable bonds is 6. The number of nitrogens with zero attached hydrogens (tertiary/aromatic N) is 2. The van der Waals surface area contributed by atoms with Gasteiger partial charge in [-0.25, -0.2) is 9.98 Å². The summed E-state index contributed by atoms with van der Waals surface area (Å²) >= 11 is 0. The molecule has 2 heterocycles. The first kappa shape index (κ1) is 23.2. The summed E-state index contributed by atoms with van der Waals surface area (Å²) in [5.74, 6) is 1.37. The van der Waals surface area contributed by atoms with E-state index in [1.807, 2.05) is 12.1 Å². The van der Waals surface area contributed by atoms with E-state index in [0.717, 1.165) is 11.1 Å². The SMILES string of the molecule is CC(C)(C1=NC(c2ccc(-c3ccccc3)cc2)CO1)C1=NC(c2ccc(-c3ccccc3)cc2)CO1. The Hall–Kier alpha value is -4.18. The summed E-state index contributed by atoms with van der Waals surface area (Å²) in [5.41, 5.74) is 6.59. The topological polar surface area (TPSA) is 43.2 Å². The van der Waals surface area contributed by atoms with E-state index in [2.05, 4.69) is 111 Å². The standard InChI is InChI=1S/C33H30N2O2/c1-33(2,31-34-29(21-36-31)27-17-13-25(14-18-27)23-9-5-3-6-10-23)32-35-30(22-37-32)28-19-15-26(16-20-28)24-11-7-4-8-12-24/h3-20,29-30H,21-22H2,1-2H3. The predicted octanol–water partition coefficient (Wildman–Crippen LogP) is 7.69. The molecule has 4 aromatic rings. The minimum absolute atomic E-state index is 0.0255. The molecule has 6 rings (SSSR count). The summed E-state index contributed by atoms with van der Waals surface area (Å²) in [4.78, 5) is 9.91. The molecular weight excluding hydrogens is 456 g/mol. The molecule has 0 fully saturated rings. The van der Waals surface area contributed by atoms with Gasteiger partial charge in [0.25, 0.3) is 0 Å². The van der Waals surface area contributed by atoms with Gasteiger partial charge < -0.3 is 9.47 Å². The smallest absolute Gasteiger partial charge is 0.199 e. The van der Waals surface area contributed by atoms with Gasteiger partial charge in [-0.15, -0.1) is 0 Å². The molecule has 0 aliphatic carbocycles. The van der Waals surface area contributed by atoms with Gasteiger partial charge in [-0.2, -0.15) is 0 Å². The molecule has 0 aromatic heterocycles. The van der Waals surface area contributed by atoms with E-state index in [4.69, 9.17) is 19.5 Å². The zero-order valence-corrected chi connectivity index (χ0v) is 21.2. The van der Waals surface area contributed by atoms with Crippen molar-refractivity contribution in [3.63, 3.8) is 0 Å². The van der Waals surface area contributed by atoms with Crippen molar-refractivity contribution in [3.05, 3.63) is 120 Å². The van der Waals surface area contributed by atoms with Gasteiger partial charge in [0.05, 0.1) is 0 Å². The van der Waals surface area contributed by atoms with Crippen LogP contribution in [0.1, 0.15) is 37.1 Å². The van der Waals surface area contributed by atoms with Crippen molar-refractivity contribution in [1.82, 2.24) is 0 Å². The van der Waals surface area contributed by atoms with Gasteiger partial charge in [0.1, 0.15) is 30.7 Å². The summed E-state index contributed by atoms with van der Waals surface area (Å²) in [6, 6.07) is 38.0. The van der Waals surface area contributed by atoms with Crippen LogP contribution in [0.3, 0.4) is 0 Å². The Morgan fingerprint density at radius 3 is 1.24 bits per heavy atom. The third kappa shape index (κ3) is 4.67. The lowest BCUT2D eigenvalue weighted by Crippen LogP contribution is -2.34. The Morgan fingerprint density at radius 2 is 0.865 bits per heavy atom. The highest BCUT2D eigenvalue weighted by Crippen LogP contribution is 2.36. The van der Waals surface area contributed by atoms with Crippen molar-refractivity contribution in [2.75, 3.05) is 13.2 Å². The highest BCUT2D eigenvalue weighted by atomic mass is 16.5. The minimum Gasteiger partial charge on any atom is -0.478 e. The van der Waals surface area contributed by atoms with E-state index >= 15 is 0 Å². The Kier molecular flexibility index (Phi) is 6.09. The maximum atomic E-state index is 6.11. The minimum atomic E-state index is -0.530.